The zero-order chi connectivity index (χ0) is 14.6. The minimum atomic E-state index is -0.883. The maximum absolute atomic E-state index is 13.1. The second-order valence-corrected chi connectivity index (χ2v) is 5.79. The number of alkyl carbamates (subject to hydrolysis) is 1. The molecule has 0 saturated heterocycles. The van der Waals surface area contributed by atoms with Gasteiger partial charge in [0.05, 0.1) is 4.47 Å². The van der Waals surface area contributed by atoms with E-state index < -0.39 is 23.6 Å². The lowest BCUT2D eigenvalue weighted by Crippen LogP contribution is -2.35. The minimum Gasteiger partial charge on any atom is -0.444 e. The van der Waals surface area contributed by atoms with Crippen LogP contribution in [0.25, 0.3) is 0 Å². The van der Waals surface area contributed by atoms with E-state index in [1.54, 1.807) is 20.8 Å². The number of benzene rings is 1. The number of halogens is 2. The first-order valence-electron chi connectivity index (χ1n) is 5.62. The van der Waals surface area contributed by atoms with Gasteiger partial charge in [-0.3, -0.25) is 0 Å². The second kappa shape index (κ2) is 6.14. The Morgan fingerprint density at radius 2 is 2.11 bits per heavy atom. The molecule has 0 bridgehead atoms. The average molecular weight is 332 g/mol. The first kappa shape index (κ1) is 15.6. The fourth-order valence-corrected chi connectivity index (χ4v) is 1.73. The summed E-state index contributed by atoms with van der Waals surface area (Å²) in [6, 6.07) is 3.20. The maximum atomic E-state index is 13.1. The van der Waals surface area contributed by atoms with E-state index in [2.05, 4.69) is 21.2 Å². The van der Waals surface area contributed by atoms with Gasteiger partial charge < -0.3 is 14.8 Å². The van der Waals surface area contributed by atoms with Crippen molar-refractivity contribution in [3.63, 3.8) is 0 Å². The van der Waals surface area contributed by atoms with Gasteiger partial charge >= 0.3 is 6.09 Å². The van der Waals surface area contributed by atoms with Gasteiger partial charge in [0.25, 0.3) is 0 Å². The molecule has 0 fully saturated rings. The second-order valence-electron chi connectivity index (χ2n) is 4.93. The third-order valence-electron chi connectivity index (χ3n) is 2.11. The molecule has 1 unspecified atom stereocenters. The molecule has 1 atom stereocenters. The van der Waals surface area contributed by atoms with Gasteiger partial charge in [-0.1, -0.05) is 6.07 Å². The lowest BCUT2D eigenvalue weighted by Gasteiger charge is -2.21. The van der Waals surface area contributed by atoms with Crippen LogP contribution < -0.4 is 5.32 Å². The number of nitrogens with one attached hydrogen (secondary N) is 1. The quantitative estimate of drug-likeness (QED) is 0.864. The molecule has 0 heterocycles. The summed E-state index contributed by atoms with van der Waals surface area (Å²) < 4.78 is 18.4. The van der Waals surface area contributed by atoms with E-state index in [4.69, 9.17) is 4.74 Å². The van der Waals surface area contributed by atoms with Crippen LogP contribution in [-0.2, 0) is 9.53 Å². The highest BCUT2D eigenvalue weighted by Gasteiger charge is 2.20. The predicted molar refractivity (Wildman–Crippen MR) is 72.3 cm³/mol. The van der Waals surface area contributed by atoms with Crippen LogP contribution >= 0.6 is 15.9 Å². The summed E-state index contributed by atoms with van der Waals surface area (Å²) in [5.74, 6) is -0.439. The zero-order valence-corrected chi connectivity index (χ0v) is 12.5. The van der Waals surface area contributed by atoms with Crippen molar-refractivity contribution in [2.45, 2.75) is 32.4 Å². The molecule has 1 amide bonds. The molecule has 0 spiro atoms. The summed E-state index contributed by atoms with van der Waals surface area (Å²) in [6.45, 7) is 5.16. The number of rotatable bonds is 3. The van der Waals surface area contributed by atoms with Gasteiger partial charge in [0.2, 0.25) is 0 Å². The number of hydrogen-bond donors (Lipinski definition) is 1. The first-order chi connectivity index (χ1) is 8.73. The smallest absolute Gasteiger partial charge is 0.408 e. The molecule has 1 N–H and O–H groups in total. The van der Waals surface area contributed by atoms with Crippen LogP contribution in [0.2, 0.25) is 0 Å². The van der Waals surface area contributed by atoms with Gasteiger partial charge in [-0.2, -0.15) is 0 Å². The van der Waals surface area contributed by atoms with E-state index in [1.165, 1.54) is 18.2 Å². The Kier molecular flexibility index (Phi) is 5.05. The van der Waals surface area contributed by atoms with Crippen LogP contribution in [0.5, 0.6) is 0 Å². The number of ether oxygens (including phenoxy) is 1. The van der Waals surface area contributed by atoms with Gasteiger partial charge in [-0.05, 0) is 54.4 Å². The summed E-state index contributed by atoms with van der Waals surface area (Å²) in [7, 11) is 0. The van der Waals surface area contributed by atoms with Crippen molar-refractivity contribution < 1.29 is 18.7 Å². The van der Waals surface area contributed by atoms with Gasteiger partial charge in [0.1, 0.15) is 23.7 Å². The van der Waals surface area contributed by atoms with E-state index in [0.717, 1.165) is 0 Å². The minimum absolute atomic E-state index is 0.225. The van der Waals surface area contributed by atoms with Gasteiger partial charge in [-0.15, -0.1) is 0 Å². The Balaban J connectivity index is 2.81. The molecule has 0 radical (unpaired) electrons. The molecule has 0 aliphatic carbocycles. The SMILES string of the molecule is CC(C)(C)OC(=O)NC(C=O)c1ccc(F)c(Br)c1. The van der Waals surface area contributed by atoms with Crippen molar-refractivity contribution in [2.24, 2.45) is 0 Å². The normalized spacial score (nSPS) is 12.7. The van der Waals surface area contributed by atoms with Crippen molar-refractivity contribution in [1.82, 2.24) is 5.32 Å². The monoisotopic (exact) mass is 331 g/mol. The van der Waals surface area contributed by atoms with Crippen molar-refractivity contribution in [2.75, 3.05) is 0 Å². The van der Waals surface area contributed by atoms with Crippen LogP contribution in [0.15, 0.2) is 22.7 Å². The number of carbonyl (C=O) groups is 2. The largest absolute Gasteiger partial charge is 0.444 e. The topological polar surface area (TPSA) is 55.4 Å². The van der Waals surface area contributed by atoms with Crippen LogP contribution in [0.4, 0.5) is 9.18 Å². The summed E-state index contributed by atoms with van der Waals surface area (Å²) in [5, 5.41) is 2.41. The maximum Gasteiger partial charge on any atom is 0.408 e. The van der Waals surface area contributed by atoms with Crippen LogP contribution in [0.1, 0.15) is 32.4 Å². The highest BCUT2D eigenvalue weighted by molar-refractivity contribution is 9.10. The molecule has 4 nitrogen and oxygen atoms in total. The Morgan fingerprint density at radius 1 is 1.47 bits per heavy atom. The van der Waals surface area contributed by atoms with Gasteiger partial charge in [-0.25, -0.2) is 9.18 Å². The molecule has 104 valence electrons. The highest BCUT2D eigenvalue weighted by atomic mass is 79.9. The van der Waals surface area contributed by atoms with E-state index >= 15 is 0 Å². The van der Waals surface area contributed by atoms with Crippen molar-refractivity contribution in [1.29, 1.82) is 0 Å². The number of amides is 1. The molecular weight excluding hydrogens is 317 g/mol. The van der Waals surface area contributed by atoms with Gasteiger partial charge in [0, 0.05) is 0 Å². The molecule has 0 aliphatic heterocycles. The van der Waals surface area contributed by atoms with Crippen molar-refractivity contribution in [3.8, 4) is 0 Å². The van der Waals surface area contributed by atoms with Crippen LogP contribution in [0, 0.1) is 5.82 Å². The summed E-state index contributed by atoms with van der Waals surface area (Å²) in [5.41, 5.74) is -0.185. The zero-order valence-electron chi connectivity index (χ0n) is 10.9. The lowest BCUT2D eigenvalue weighted by atomic mass is 10.1. The predicted octanol–water partition coefficient (Wildman–Crippen LogP) is 3.35. The van der Waals surface area contributed by atoms with E-state index in [0.29, 0.717) is 11.8 Å². The van der Waals surface area contributed by atoms with E-state index in [-0.39, 0.29) is 4.47 Å². The molecule has 1 aromatic rings. The fourth-order valence-electron chi connectivity index (χ4n) is 1.34. The fraction of sp³-hybridized carbons (Fsp3) is 0.385. The number of aldehydes is 1. The standard InChI is InChI=1S/C13H15BrFNO3/c1-13(2,3)19-12(18)16-11(7-17)8-4-5-10(15)9(14)6-8/h4-7,11H,1-3H3,(H,16,18). The van der Waals surface area contributed by atoms with Crippen LogP contribution in [-0.4, -0.2) is 18.0 Å². The molecule has 6 heteroatoms. The highest BCUT2D eigenvalue weighted by Crippen LogP contribution is 2.21. The first-order valence-corrected chi connectivity index (χ1v) is 6.42. The Morgan fingerprint density at radius 3 is 2.58 bits per heavy atom. The van der Waals surface area contributed by atoms with Crippen LogP contribution in [0.3, 0.4) is 0 Å². The Labute approximate surface area is 119 Å². The lowest BCUT2D eigenvalue weighted by molar-refractivity contribution is -0.109. The molecule has 1 rings (SSSR count). The number of carbonyl (C=O) groups excluding carboxylic acids is 2. The molecule has 0 aliphatic rings. The molecule has 0 saturated carbocycles. The van der Waals surface area contributed by atoms with E-state index in [1.807, 2.05) is 0 Å². The summed E-state index contributed by atoms with van der Waals surface area (Å²) >= 11 is 3.02. The molecule has 0 aromatic heterocycles. The Hall–Kier alpha value is -1.43. The van der Waals surface area contributed by atoms with E-state index in [9.17, 15) is 14.0 Å². The Bertz CT molecular complexity index is 485. The third kappa shape index (κ3) is 4.98. The molecule has 1 aromatic carbocycles. The van der Waals surface area contributed by atoms with Crippen molar-refractivity contribution in [3.05, 3.63) is 34.1 Å². The average Bonchev–Trinajstić information content (AvgIpc) is 2.27. The molecular formula is C13H15BrFNO3. The molecule has 19 heavy (non-hydrogen) atoms. The number of hydrogen-bond acceptors (Lipinski definition) is 3. The third-order valence-corrected chi connectivity index (χ3v) is 2.72. The van der Waals surface area contributed by atoms with Crippen molar-refractivity contribution >= 4 is 28.3 Å². The van der Waals surface area contributed by atoms with Gasteiger partial charge in [0.15, 0.2) is 0 Å². The summed E-state index contributed by atoms with van der Waals surface area (Å²) in [4.78, 5) is 22.6. The summed E-state index contributed by atoms with van der Waals surface area (Å²) in [6.07, 6.45) is -0.145.